The highest BCUT2D eigenvalue weighted by molar-refractivity contribution is 7.18. The van der Waals surface area contributed by atoms with E-state index in [2.05, 4.69) is 10.4 Å². The van der Waals surface area contributed by atoms with Crippen molar-refractivity contribution in [1.82, 2.24) is 9.78 Å². The first kappa shape index (κ1) is 23.0. The van der Waals surface area contributed by atoms with Gasteiger partial charge in [0.2, 0.25) is 0 Å². The number of carbonyl (C=O) groups is 3. The first-order chi connectivity index (χ1) is 15.3. The molecule has 1 amide bonds. The Balaban J connectivity index is 1.77. The van der Waals surface area contributed by atoms with Gasteiger partial charge in [-0.3, -0.25) is 4.79 Å². The molecular formula is C22H23N3O6S. The summed E-state index contributed by atoms with van der Waals surface area (Å²) in [6, 6.07) is 9.10. The Hall–Kier alpha value is -3.66. The van der Waals surface area contributed by atoms with Crippen molar-refractivity contribution in [3.05, 3.63) is 63.8 Å². The van der Waals surface area contributed by atoms with Crippen LogP contribution in [0.25, 0.3) is 0 Å². The van der Waals surface area contributed by atoms with Crippen molar-refractivity contribution in [2.75, 3.05) is 19.0 Å². The molecule has 0 fully saturated rings. The molecule has 10 heteroatoms. The third-order valence-corrected chi connectivity index (χ3v) is 5.73. The monoisotopic (exact) mass is 457 g/mol. The number of nitrogens with zero attached hydrogens (tertiary/aromatic N) is 2. The van der Waals surface area contributed by atoms with Gasteiger partial charge in [0.15, 0.2) is 12.4 Å². The van der Waals surface area contributed by atoms with Crippen LogP contribution in [-0.4, -0.2) is 41.3 Å². The fourth-order valence-corrected chi connectivity index (χ4v) is 4.00. The molecule has 0 aliphatic rings. The van der Waals surface area contributed by atoms with Gasteiger partial charge >= 0.3 is 11.9 Å². The molecule has 0 unspecified atom stereocenters. The zero-order chi connectivity index (χ0) is 23.3. The second-order valence-corrected chi connectivity index (χ2v) is 7.73. The Morgan fingerprint density at radius 2 is 1.88 bits per heavy atom. The summed E-state index contributed by atoms with van der Waals surface area (Å²) in [6.07, 6.45) is 1.61. The lowest BCUT2D eigenvalue weighted by Gasteiger charge is -2.08. The van der Waals surface area contributed by atoms with Gasteiger partial charge in [-0.25, -0.2) is 14.3 Å². The summed E-state index contributed by atoms with van der Waals surface area (Å²) in [7, 11) is 1.23. The van der Waals surface area contributed by atoms with Gasteiger partial charge in [-0.15, -0.1) is 11.3 Å². The fourth-order valence-electron chi connectivity index (χ4n) is 2.92. The van der Waals surface area contributed by atoms with Gasteiger partial charge < -0.3 is 19.5 Å². The summed E-state index contributed by atoms with van der Waals surface area (Å²) in [5.74, 6) is -1.06. The zero-order valence-corrected chi connectivity index (χ0v) is 18.9. The molecule has 3 aromatic rings. The third-order valence-electron chi connectivity index (χ3n) is 4.54. The van der Waals surface area contributed by atoms with Crippen LogP contribution >= 0.6 is 11.3 Å². The summed E-state index contributed by atoms with van der Waals surface area (Å²) < 4.78 is 17.1. The molecule has 32 heavy (non-hydrogen) atoms. The van der Waals surface area contributed by atoms with Crippen LogP contribution in [0, 0.1) is 13.8 Å². The maximum absolute atomic E-state index is 12.7. The molecule has 1 N–H and O–H groups in total. The zero-order valence-electron chi connectivity index (χ0n) is 18.1. The number of para-hydroxylation sites is 1. The lowest BCUT2D eigenvalue weighted by atomic mass is 10.1. The number of hydrogen-bond donors (Lipinski definition) is 1. The van der Waals surface area contributed by atoms with Gasteiger partial charge in [0.25, 0.3) is 5.91 Å². The quantitative estimate of drug-likeness (QED) is 0.512. The van der Waals surface area contributed by atoms with Crippen molar-refractivity contribution in [3.8, 4) is 5.75 Å². The first-order valence-electron chi connectivity index (χ1n) is 9.77. The van der Waals surface area contributed by atoms with Crippen LogP contribution in [0.15, 0.2) is 36.5 Å². The van der Waals surface area contributed by atoms with E-state index >= 15 is 0 Å². The average Bonchev–Trinajstić information content (AvgIpc) is 3.37. The van der Waals surface area contributed by atoms with E-state index in [0.717, 1.165) is 22.6 Å². The Morgan fingerprint density at radius 1 is 1.12 bits per heavy atom. The van der Waals surface area contributed by atoms with E-state index in [4.69, 9.17) is 14.2 Å². The van der Waals surface area contributed by atoms with E-state index in [1.807, 2.05) is 31.2 Å². The molecule has 2 aromatic heterocycles. The molecular weight excluding hydrogens is 434 g/mol. The van der Waals surface area contributed by atoms with Crippen LogP contribution in [0.5, 0.6) is 5.75 Å². The normalized spacial score (nSPS) is 10.5. The number of anilines is 1. The van der Waals surface area contributed by atoms with Crippen LogP contribution in [0.3, 0.4) is 0 Å². The third kappa shape index (κ3) is 4.97. The maximum atomic E-state index is 12.7. The van der Waals surface area contributed by atoms with Crippen molar-refractivity contribution >= 4 is 34.2 Å². The Labute approximate surface area is 188 Å². The molecule has 0 aliphatic heterocycles. The molecule has 0 saturated carbocycles. The molecule has 0 spiro atoms. The van der Waals surface area contributed by atoms with Crippen LogP contribution < -0.4 is 10.1 Å². The van der Waals surface area contributed by atoms with Crippen molar-refractivity contribution in [2.24, 2.45) is 0 Å². The van der Waals surface area contributed by atoms with Crippen LogP contribution in [-0.2, 0) is 16.2 Å². The SMILES string of the molecule is CCOC(=O)c1sc(NC(=O)c2ccn(COc3ccccc3C)n2)c(C(=O)OC)c1C. The summed E-state index contributed by atoms with van der Waals surface area (Å²) in [5.41, 5.74) is 1.60. The second-order valence-electron chi connectivity index (χ2n) is 6.71. The second kappa shape index (κ2) is 10.1. The van der Waals surface area contributed by atoms with Crippen molar-refractivity contribution in [3.63, 3.8) is 0 Å². The van der Waals surface area contributed by atoms with E-state index in [-0.39, 0.29) is 34.5 Å². The molecule has 0 atom stereocenters. The summed E-state index contributed by atoms with van der Waals surface area (Å²) in [5, 5.41) is 7.05. The van der Waals surface area contributed by atoms with Crippen molar-refractivity contribution in [1.29, 1.82) is 0 Å². The summed E-state index contributed by atoms with van der Waals surface area (Å²) in [6.45, 7) is 5.53. The van der Waals surface area contributed by atoms with Gasteiger partial charge in [-0.1, -0.05) is 18.2 Å². The van der Waals surface area contributed by atoms with Crippen LogP contribution in [0.2, 0.25) is 0 Å². The van der Waals surface area contributed by atoms with Gasteiger partial charge in [0.05, 0.1) is 19.3 Å². The number of nitrogens with one attached hydrogen (secondary N) is 1. The summed E-state index contributed by atoms with van der Waals surface area (Å²) in [4.78, 5) is 37.4. The smallest absolute Gasteiger partial charge is 0.348 e. The Kier molecular flexibility index (Phi) is 7.26. The van der Waals surface area contributed by atoms with Gasteiger partial charge in [0.1, 0.15) is 15.6 Å². The van der Waals surface area contributed by atoms with E-state index in [9.17, 15) is 14.4 Å². The van der Waals surface area contributed by atoms with E-state index in [1.165, 1.54) is 17.9 Å². The summed E-state index contributed by atoms with van der Waals surface area (Å²) >= 11 is 0.950. The van der Waals surface area contributed by atoms with Crippen molar-refractivity contribution < 1.29 is 28.6 Å². The average molecular weight is 458 g/mol. The minimum absolute atomic E-state index is 0.108. The molecule has 0 bridgehead atoms. The lowest BCUT2D eigenvalue weighted by molar-refractivity contribution is 0.0531. The van der Waals surface area contributed by atoms with E-state index < -0.39 is 17.8 Å². The maximum Gasteiger partial charge on any atom is 0.348 e. The molecule has 9 nitrogen and oxygen atoms in total. The number of amides is 1. The minimum Gasteiger partial charge on any atom is -0.471 e. The van der Waals surface area contributed by atoms with Crippen LogP contribution in [0.1, 0.15) is 48.6 Å². The molecule has 2 heterocycles. The molecule has 3 rings (SSSR count). The molecule has 0 radical (unpaired) electrons. The highest BCUT2D eigenvalue weighted by Gasteiger charge is 2.27. The largest absolute Gasteiger partial charge is 0.471 e. The predicted molar refractivity (Wildman–Crippen MR) is 118 cm³/mol. The molecule has 1 aromatic carbocycles. The van der Waals surface area contributed by atoms with Gasteiger partial charge in [0, 0.05) is 6.20 Å². The number of carbonyl (C=O) groups excluding carboxylic acids is 3. The number of rotatable bonds is 8. The highest BCUT2D eigenvalue weighted by Crippen LogP contribution is 2.34. The number of esters is 2. The number of aromatic nitrogens is 2. The van der Waals surface area contributed by atoms with Crippen LogP contribution in [0.4, 0.5) is 5.00 Å². The number of aryl methyl sites for hydroxylation is 1. The lowest BCUT2D eigenvalue weighted by Crippen LogP contribution is -2.16. The number of thiophene rings is 1. The number of hydrogen-bond acceptors (Lipinski definition) is 8. The standard InChI is InChI=1S/C22H23N3O6S/c1-5-30-22(28)18-14(3)17(21(27)29-4)20(32-18)23-19(26)15-10-11-25(24-15)12-31-16-9-7-6-8-13(16)2/h6-11H,5,12H2,1-4H3,(H,23,26). The Morgan fingerprint density at radius 3 is 2.56 bits per heavy atom. The topological polar surface area (TPSA) is 109 Å². The highest BCUT2D eigenvalue weighted by atomic mass is 32.1. The fraction of sp³-hybridized carbons (Fsp3) is 0.273. The van der Waals surface area contributed by atoms with E-state index in [1.54, 1.807) is 20.0 Å². The molecule has 0 aliphatic carbocycles. The first-order valence-corrected chi connectivity index (χ1v) is 10.6. The van der Waals surface area contributed by atoms with Gasteiger partial charge in [-0.2, -0.15) is 5.10 Å². The number of ether oxygens (including phenoxy) is 3. The Bertz CT molecular complexity index is 1150. The molecule has 168 valence electrons. The van der Waals surface area contributed by atoms with Gasteiger partial charge in [-0.05, 0) is 44.0 Å². The number of methoxy groups -OCH3 is 1. The molecule has 0 saturated heterocycles. The number of benzene rings is 1. The predicted octanol–water partition coefficient (Wildman–Crippen LogP) is 3.81. The van der Waals surface area contributed by atoms with Crippen molar-refractivity contribution in [2.45, 2.75) is 27.5 Å². The van der Waals surface area contributed by atoms with E-state index in [0.29, 0.717) is 5.56 Å². The minimum atomic E-state index is -0.665.